The summed E-state index contributed by atoms with van der Waals surface area (Å²) in [4.78, 5) is 2.46. The molecular formula is C16H23FN2O. The fourth-order valence-corrected chi connectivity index (χ4v) is 4.14. The van der Waals surface area contributed by atoms with Crippen LogP contribution in [-0.4, -0.2) is 30.1 Å². The molecule has 2 bridgehead atoms. The van der Waals surface area contributed by atoms with Crippen molar-refractivity contribution in [1.82, 2.24) is 4.90 Å². The maximum absolute atomic E-state index is 14.3. The summed E-state index contributed by atoms with van der Waals surface area (Å²) in [6.07, 6.45) is 4.41. The van der Waals surface area contributed by atoms with Gasteiger partial charge in [-0.1, -0.05) is 6.07 Å². The number of nitrogens with zero attached hydrogens (tertiary/aromatic N) is 1. The molecule has 0 amide bonds. The van der Waals surface area contributed by atoms with E-state index in [1.165, 1.54) is 18.9 Å². The van der Waals surface area contributed by atoms with Gasteiger partial charge < -0.3 is 10.5 Å². The number of fused-ring (bicyclic) bond motifs is 2. The second kappa shape index (κ2) is 5.34. The van der Waals surface area contributed by atoms with E-state index in [0.29, 0.717) is 29.4 Å². The number of methoxy groups -OCH3 is 1. The number of nitrogens with two attached hydrogens (primary N) is 1. The summed E-state index contributed by atoms with van der Waals surface area (Å²) in [5.41, 5.74) is 6.80. The van der Waals surface area contributed by atoms with E-state index in [1.807, 2.05) is 6.07 Å². The minimum atomic E-state index is -0.175. The molecule has 2 aliphatic heterocycles. The van der Waals surface area contributed by atoms with Crippen LogP contribution in [0, 0.1) is 5.82 Å². The Hall–Kier alpha value is -1.13. The highest BCUT2D eigenvalue weighted by Gasteiger charge is 2.43. The van der Waals surface area contributed by atoms with Gasteiger partial charge in [-0.25, -0.2) is 4.39 Å². The molecule has 110 valence electrons. The van der Waals surface area contributed by atoms with Crippen molar-refractivity contribution in [3.05, 3.63) is 29.6 Å². The zero-order chi connectivity index (χ0) is 14.3. The molecule has 3 nitrogen and oxygen atoms in total. The van der Waals surface area contributed by atoms with Gasteiger partial charge in [0.25, 0.3) is 0 Å². The maximum atomic E-state index is 14.3. The Balaban J connectivity index is 1.92. The van der Waals surface area contributed by atoms with Crippen LogP contribution in [0.1, 0.15) is 44.2 Å². The predicted octanol–water partition coefficient (Wildman–Crippen LogP) is 2.85. The third-order valence-corrected chi connectivity index (χ3v) is 4.92. The molecule has 2 fully saturated rings. The van der Waals surface area contributed by atoms with Crippen molar-refractivity contribution >= 4 is 0 Å². The second-order valence-electron chi connectivity index (χ2n) is 6.10. The van der Waals surface area contributed by atoms with Crippen molar-refractivity contribution in [3.8, 4) is 5.75 Å². The van der Waals surface area contributed by atoms with E-state index >= 15 is 0 Å². The number of hydrogen-bond donors (Lipinski definition) is 1. The van der Waals surface area contributed by atoms with Crippen LogP contribution in [-0.2, 0) is 0 Å². The lowest BCUT2D eigenvalue weighted by Gasteiger charge is -2.42. The van der Waals surface area contributed by atoms with Gasteiger partial charge in [-0.05, 0) is 44.7 Å². The maximum Gasteiger partial charge on any atom is 0.131 e. The Kier molecular flexibility index (Phi) is 3.69. The summed E-state index contributed by atoms with van der Waals surface area (Å²) in [5, 5.41) is 0. The van der Waals surface area contributed by atoms with Crippen LogP contribution in [0.2, 0.25) is 0 Å². The van der Waals surface area contributed by atoms with E-state index < -0.39 is 0 Å². The zero-order valence-corrected chi connectivity index (χ0v) is 12.2. The third kappa shape index (κ3) is 2.21. The SMILES string of the molecule is COc1cccc(F)c1C(C)N1C2CCC1CC(N)C2. The number of benzene rings is 1. The molecule has 2 heterocycles. The predicted molar refractivity (Wildman–Crippen MR) is 77.2 cm³/mol. The van der Waals surface area contributed by atoms with E-state index in [9.17, 15) is 4.39 Å². The highest BCUT2D eigenvalue weighted by molar-refractivity contribution is 5.37. The molecule has 2 N–H and O–H groups in total. The summed E-state index contributed by atoms with van der Waals surface area (Å²) >= 11 is 0. The average molecular weight is 278 g/mol. The van der Waals surface area contributed by atoms with Gasteiger partial charge in [0.05, 0.1) is 7.11 Å². The molecule has 1 aromatic carbocycles. The van der Waals surface area contributed by atoms with Crippen LogP contribution in [0.3, 0.4) is 0 Å². The van der Waals surface area contributed by atoms with E-state index in [4.69, 9.17) is 10.5 Å². The molecule has 3 unspecified atom stereocenters. The largest absolute Gasteiger partial charge is 0.496 e. The number of ether oxygens (including phenoxy) is 1. The van der Waals surface area contributed by atoms with Gasteiger partial charge >= 0.3 is 0 Å². The molecule has 4 heteroatoms. The van der Waals surface area contributed by atoms with Gasteiger partial charge in [-0.3, -0.25) is 4.90 Å². The Bertz CT molecular complexity index is 479. The van der Waals surface area contributed by atoms with Crippen molar-refractivity contribution < 1.29 is 9.13 Å². The molecule has 2 saturated heterocycles. The van der Waals surface area contributed by atoms with E-state index in [2.05, 4.69) is 11.8 Å². The van der Waals surface area contributed by atoms with Crippen molar-refractivity contribution in [1.29, 1.82) is 0 Å². The summed E-state index contributed by atoms with van der Waals surface area (Å²) in [6.45, 7) is 2.09. The fourth-order valence-electron chi connectivity index (χ4n) is 4.14. The van der Waals surface area contributed by atoms with Gasteiger partial charge in [0, 0.05) is 29.7 Å². The Morgan fingerprint density at radius 1 is 1.30 bits per heavy atom. The van der Waals surface area contributed by atoms with Gasteiger partial charge in [-0.15, -0.1) is 0 Å². The molecule has 0 aromatic heterocycles. The average Bonchev–Trinajstić information content (AvgIpc) is 2.70. The van der Waals surface area contributed by atoms with Crippen LogP contribution in [0.25, 0.3) is 0 Å². The minimum absolute atomic E-state index is 0.0381. The fraction of sp³-hybridized carbons (Fsp3) is 0.625. The molecule has 0 radical (unpaired) electrons. The van der Waals surface area contributed by atoms with Gasteiger partial charge in [0.15, 0.2) is 0 Å². The van der Waals surface area contributed by atoms with Crippen LogP contribution >= 0.6 is 0 Å². The van der Waals surface area contributed by atoms with Crippen LogP contribution < -0.4 is 10.5 Å². The first-order valence-electron chi connectivity index (χ1n) is 7.47. The number of piperidine rings is 1. The lowest BCUT2D eigenvalue weighted by atomic mass is 9.94. The molecule has 3 atom stereocenters. The Labute approximate surface area is 119 Å². The van der Waals surface area contributed by atoms with E-state index in [-0.39, 0.29) is 11.9 Å². The molecule has 1 aromatic rings. The van der Waals surface area contributed by atoms with Gasteiger partial charge in [0.2, 0.25) is 0 Å². The number of halogens is 1. The molecule has 20 heavy (non-hydrogen) atoms. The molecular weight excluding hydrogens is 255 g/mol. The summed E-state index contributed by atoms with van der Waals surface area (Å²) in [6, 6.07) is 6.38. The van der Waals surface area contributed by atoms with Gasteiger partial charge in [0.1, 0.15) is 11.6 Å². The summed E-state index contributed by atoms with van der Waals surface area (Å²) in [5.74, 6) is 0.470. The quantitative estimate of drug-likeness (QED) is 0.924. The lowest BCUT2D eigenvalue weighted by molar-refractivity contribution is 0.0823. The summed E-state index contributed by atoms with van der Waals surface area (Å²) in [7, 11) is 1.60. The van der Waals surface area contributed by atoms with Crippen molar-refractivity contribution in [2.75, 3.05) is 7.11 Å². The number of hydrogen-bond acceptors (Lipinski definition) is 3. The first-order chi connectivity index (χ1) is 9.61. The van der Waals surface area contributed by atoms with Crippen molar-refractivity contribution in [2.45, 2.75) is 56.8 Å². The number of rotatable bonds is 3. The van der Waals surface area contributed by atoms with Crippen LogP contribution in [0.15, 0.2) is 18.2 Å². The molecule has 0 aliphatic carbocycles. The normalized spacial score (nSPS) is 31.3. The molecule has 0 saturated carbocycles. The van der Waals surface area contributed by atoms with Crippen molar-refractivity contribution in [3.63, 3.8) is 0 Å². The van der Waals surface area contributed by atoms with Crippen LogP contribution in [0.5, 0.6) is 5.75 Å². The van der Waals surface area contributed by atoms with E-state index in [0.717, 1.165) is 12.8 Å². The highest BCUT2D eigenvalue weighted by Crippen LogP contribution is 2.43. The molecule has 3 rings (SSSR count). The Morgan fingerprint density at radius 3 is 2.55 bits per heavy atom. The van der Waals surface area contributed by atoms with E-state index in [1.54, 1.807) is 13.2 Å². The first kappa shape index (κ1) is 13.8. The Morgan fingerprint density at radius 2 is 1.95 bits per heavy atom. The topological polar surface area (TPSA) is 38.5 Å². The standard InChI is InChI=1S/C16H23FN2O/c1-10(16-14(17)4-3-5-15(16)20-2)19-12-6-7-13(19)9-11(18)8-12/h3-5,10-13H,6-9,18H2,1-2H3. The van der Waals surface area contributed by atoms with Crippen molar-refractivity contribution in [2.24, 2.45) is 5.73 Å². The highest BCUT2D eigenvalue weighted by atomic mass is 19.1. The zero-order valence-electron chi connectivity index (χ0n) is 12.2. The first-order valence-corrected chi connectivity index (χ1v) is 7.47. The summed E-state index contributed by atoms with van der Waals surface area (Å²) < 4.78 is 19.6. The second-order valence-corrected chi connectivity index (χ2v) is 6.10. The molecule has 0 spiro atoms. The third-order valence-electron chi connectivity index (χ3n) is 4.92. The minimum Gasteiger partial charge on any atom is -0.496 e. The smallest absolute Gasteiger partial charge is 0.131 e. The van der Waals surface area contributed by atoms with Gasteiger partial charge in [-0.2, -0.15) is 0 Å². The van der Waals surface area contributed by atoms with Crippen LogP contribution in [0.4, 0.5) is 4.39 Å². The monoisotopic (exact) mass is 278 g/mol. The molecule has 2 aliphatic rings. The lowest BCUT2D eigenvalue weighted by Crippen LogP contribution is -2.48.